The van der Waals surface area contributed by atoms with E-state index in [-0.39, 0.29) is 12.6 Å². The van der Waals surface area contributed by atoms with Crippen molar-refractivity contribution < 1.29 is 5.11 Å². The molecule has 1 fully saturated rings. The smallest absolute Gasteiger partial charge is 0.224 e. The molecule has 0 saturated heterocycles. The molecule has 90 valence electrons. The molecule has 2 aromatic heterocycles. The Labute approximate surface area is 97.5 Å². The summed E-state index contributed by atoms with van der Waals surface area (Å²) in [6.45, 7) is 0.238. The van der Waals surface area contributed by atoms with Crippen LogP contribution in [0.25, 0.3) is 11.2 Å². The summed E-state index contributed by atoms with van der Waals surface area (Å²) >= 11 is 0. The van der Waals surface area contributed by atoms with Crippen molar-refractivity contribution in [1.29, 1.82) is 0 Å². The predicted octanol–water partition coefficient (Wildman–Crippen LogP) is -0.0659. The normalized spacial score (nSPS) is 23.8. The highest BCUT2D eigenvalue weighted by molar-refractivity contribution is 5.82. The molecule has 5 N–H and O–H groups in total. The van der Waals surface area contributed by atoms with Gasteiger partial charge in [-0.2, -0.15) is 9.97 Å². The molecule has 1 saturated carbocycles. The van der Waals surface area contributed by atoms with Crippen LogP contribution in [0.2, 0.25) is 0 Å². The molecule has 2 aromatic rings. The Bertz CT molecular complexity index is 559. The van der Waals surface area contributed by atoms with Gasteiger partial charge in [-0.05, 0) is 18.8 Å². The molecule has 1 aliphatic rings. The highest BCUT2D eigenvalue weighted by atomic mass is 16.3. The van der Waals surface area contributed by atoms with E-state index in [0.29, 0.717) is 28.9 Å². The van der Waals surface area contributed by atoms with E-state index in [2.05, 4.69) is 15.0 Å². The van der Waals surface area contributed by atoms with Gasteiger partial charge in [-0.25, -0.2) is 4.98 Å². The molecule has 3 rings (SSSR count). The number of anilines is 2. The van der Waals surface area contributed by atoms with Crippen LogP contribution < -0.4 is 11.5 Å². The first-order valence-corrected chi connectivity index (χ1v) is 5.55. The molecule has 2 heterocycles. The Morgan fingerprint density at radius 1 is 1.35 bits per heavy atom. The largest absolute Gasteiger partial charge is 0.396 e. The molecular weight excluding hydrogens is 220 g/mol. The van der Waals surface area contributed by atoms with Crippen molar-refractivity contribution in [3.05, 3.63) is 6.33 Å². The zero-order chi connectivity index (χ0) is 12.0. The fourth-order valence-electron chi connectivity index (χ4n) is 2.30. The summed E-state index contributed by atoms with van der Waals surface area (Å²) < 4.78 is 1.97. The summed E-state index contributed by atoms with van der Waals surface area (Å²) in [6, 6.07) is 0.325. The predicted molar refractivity (Wildman–Crippen MR) is 63.0 cm³/mol. The quantitative estimate of drug-likeness (QED) is 0.670. The van der Waals surface area contributed by atoms with Crippen molar-refractivity contribution in [2.45, 2.75) is 18.9 Å². The number of hydrogen-bond donors (Lipinski definition) is 3. The van der Waals surface area contributed by atoms with Crippen molar-refractivity contribution in [1.82, 2.24) is 19.5 Å². The summed E-state index contributed by atoms with van der Waals surface area (Å²) in [5, 5.41) is 9.01. The van der Waals surface area contributed by atoms with Gasteiger partial charge in [-0.1, -0.05) is 0 Å². The van der Waals surface area contributed by atoms with Crippen LogP contribution in [-0.2, 0) is 0 Å². The van der Waals surface area contributed by atoms with E-state index >= 15 is 0 Å². The first kappa shape index (κ1) is 10.3. The molecule has 0 unspecified atom stereocenters. The highest BCUT2D eigenvalue weighted by Crippen LogP contribution is 2.38. The lowest BCUT2D eigenvalue weighted by molar-refractivity contribution is 0.114. The Kier molecular flexibility index (Phi) is 2.15. The molecule has 0 atom stereocenters. The third kappa shape index (κ3) is 1.50. The lowest BCUT2D eigenvalue weighted by atomic mass is 9.81. The first-order chi connectivity index (χ1) is 8.19. The van der Waals surface area contributed by atoms with Gasteiger partial charge in [-0.15, -0.1) is 0 Å². The van der Waals surface area contributed by atoms with Crippen molar-refractivity contribution in [2.24, 2.45) is 5.92 Å². The van der Waals surface area contributed by atoms with Crippen LogP contribution in [-0.4, -0.2) is 31.2 Å². The molecule has 17 heavy (non-hydrogen) atoms. The lowest BCUT2D eigenvalue weighted by Crippen LogP contribution is -2.28. The monoisotopic (exact) mass is 234 g/mol. The van der Waals surface area contributed by atoms with Gasteiger partial charge < -0.3 is 21.1 Å². The molecule has 1 aliphatic carbocycles. The number of aliphatic hydroxyl groups is 1. The number of imidazole rings is 1. The van der Waals surface area contributed by atoms with E-state index in [1.54, 1.807) is 6.33 Å². The van der Waals surface area contributed by atoms with Crippen LogP contribution in [0.1, 0.15) is 18.9 Å². The SMILES string of the molecule is Nc1nc(N)c2ncn([C@H]3C[C@@H](CO)C3)c2n1. The van der Waals surface area contributed by atoms with E-state index in [9.17, 15) is 0 Å². The summed E-state index contributed by atoms with van der Waals surface area (Å²) in [6.07, 6.45) is 3.59. The van der Waals surface area contributed by atoms with Crippen molar-refractivity contribution in [2.75, 3.05) is 18.1 Å². The Hall–Kier alpha value is -1.89. The molecule has 0 aliphatic heterocycles. The second-order valence-corrected chi connectivity index (χ2v) is 4.46. The van der Waals surface area contributed by atoms with Gasteiger partial charge in [0.15, 0.2) is 11.5 Å². The average molecular weight is 234 g/mol. The molecule has 0 aromatic carbocycles. The summed E-state index contributed by atoms with van der Waals surface area (Å²) in [5.74, 6) is 0.855. The van der Waals surface area contributed by atoms with Crippen LogP contribution in [0.3, 0.4) is 0 Å². The van der Waals surface area contributed by atoms with Gasteiger partial charge in [0.2, 0.25) is 5.95 Å². The average Bonchev–Trinajstić information content (AvgIpc) is 2.61. The first-order valence-electron chi connectivity index (χ1n) is 5.55. The standard InChI is InChI=1S/C10H14N6O/c11-8-7-9(15-10(12)14-8)16(4-13-7)6-1-5(2-6)3-17/h4-6,17H,1-3H2,(H4,11,12,14,15)/t5-,6+. The number of fused-ring (bicyclic) bond motifs is 1. The van der Waals surface area contributed by atoms with E-state index in [0.717, 1.165) is 12.8 Å². The molecule has 0 radical (unpaired) electrons. The van der Waals surface area contributed by atoms with Crippen LogP contribution in [0.15, 0.2) is 6.33 Å². The highest BCUT2D eigenvalue weighted by Gasteiger charge is 2.31. The summed E-state index contributed by atoms with van der Waals surface area (Å²) in [5.41, 5.74) is 12.6. The van der Waals surface area contributed by atoms with Gasteiger partial charge in [0.1, 0.15) is 5.52 Å². The van der Waals surface area contributed by atoms with Crippen LogP contribution >= 0.6 is 0 Å². The fourth-order valence-corrected chi connectivity index (χ4v) is 2.30. The second kappa shape index (κ2) is 3.56. The van der Waals surface area contributed by atoms with Crippen LogP contribution in [0.4, 0.5) is 11.8 Å². The Morgan fingerprint density at radius 2 is 2.12 bits per heavy atom. The number of nitrogen functional groups attached to an aromatic ring is 2. The van der Waals surface area contributed by atoms with Crippen LogP contribution in [0, 0.1) is 5.92 Å². The van der Waals surface area contributed by atoms with E-state index in [4.69, 9.17) is 16.6 Å². The van der Waals surface area contributed by atoms with Gasteiger partial charge in [-0.3, -0.25) is 0 Å². The number of rotatable bonds is 2. The molecule has 0 amide bonds. The summed E-state index contributed by atoms with van der Waals surface area (Å²) in [7, 11) is 0. The number of nitrogens with zero attached hydrogens (tertiary/aromatic N) is 4. The van der Waals surface area contributed by atoms with E-state index in [1.807, 2.05) is 4.57 Å². The maximum Gasteiger partial charge on any atom is 0.224 e. The maximum absolute atomic E-state index is 9.01. The molecule has 7 heteroatoms. The molecular formula is C10H14N6O. The maximum atomic E-state index is 9.01. The third-order valence-electron chi connectivity index (χ3n) is 3.33. The van der Waals surface area contributed by atoms with Crippen molar-refractivity contribution in [3.63, 3.8) is 0 Å². The number of aromatic nitrogens is 4. The van der Waals surface area contributed by atoms with Gasteiger partial charge in [0, 0.05) is 12.6 Å². The zero-order valence-electron chi connectivity index (χ0n) is 9.24. The van der Waals surface area contributed by atoms with E-state index < -0.39 is 0 Å². The summed E-state index contributed by atoms with van der Waals surface area (Å²) in [4.78, 5) is 12.3. The number of aliphatic hydroxyl groups excluding tert-OH is 1. The molecule has 0 bridgehead atoms. The zero-order valence-corrected chi connectivity index (χ0v) is 9.24. The van der Waals surface area contributed by atoms with Gasteiger partial charge in [0.25, 0.3) is 0 Å². The third-order valence-corrected chi connectivity index (χ3v) is 3.33. The minimum atomic E-state index is 0.162. The fraction of sp³-hybridized carbons (Fsp3) is 0.500. The second-order valence-electron chi connectivity index (χ2n) is 4.46. The molecule has 7 nitrogen and oxygen atoms in total. The Balaban J connectivity index is 2.01. The lowest BCUT2D eigenvalue weighted by Gasteiger charge is -2.34. The van der Waals surface area contributed by atoms with E-state index in [1.165, 1.54) is 0 Å². The van der Waals surface area contributed by atoms with Gasteiger partial charge in [0.05, 0.1) is 6.33 Å². The minimum Gasteiger partial charge on any atom is -0.396 e. The minimum absolute atomic E-state index is 0.162. The molecule has 0 spiro atoms. The number of hydrogen-bond acceptors (Lipinski definition) is 6. The topological polar surface area (TPSA) is 116 Å². The van der Waals surface area contributed by atoms with Gasteiger partial charge >= 0.3 is 0 Å². The van der Waals surface area contributed by atoms with Crippen LogP contribution in [0.5, 0.6) is 0 Å². The number of nitrogens with two attached hydrogens (primary N) is 2. The Morgan fingerprint density at radius 3 is 2.82 bits per heavy atom. The van der Waals surface area contributed by atoms with Crippen molar-refractivity contribution >= 4 is 22.9 Å². The van der Waals surface area contributed by atoms with Crippen molar-refractivity contribution in [3.8, 4) is 0 Å².